The summed E-state index contributed by atoms with van der Waals surface area (Å²) in [5.41, 5.74) is 3.05. The second kappa shape index (κ2) is 7.17. The van der Waals surface area contributed by atoms with Crippen LogP contribution in [0.4, 0.5) is 0 Å². The Hall–Kier alpha value is -2.82. The van der Waals surface area contributed by atoms with Crippen LogP contribution in [-0.4, -0.2) is 28.5 Å². The number of amides is 1. The molecule has 5 nitrogen and oxygen atoms in total. The van der Waals surface area contributed by atoms with Crippen LogP contribution in [0.15, 0.2) is 48.5 Å². The largest absolute Gasteiger partial charge is 0.481 e. The zero-order chi connectivity index (χ0) is 16.9. The standard InChI is InChI=1S/C19H21N3O2/c1-13-6-5-7-15(12-13)24-14(2)19(23)20-11-10-18-21-16-8-3-4-9-17(16)22-18/h3-9,12,14H,10-11H2,1-2H3,(H,20,23)(H,21,22). The highest BCUT2D eigenvalue weighted by Crippen LogP contribution is 2.14. The first-order valence-electron chi connectivity index (χ1n) is 8.06. The number of para-hydroxylation sites is 2. The Kier molecular flexibility index (Phi) is 4.79. The Morgan fingerprint density at radius 2 is 2.08 bits per heavy atom. The molecular formula is C19H21N3O2. The topological polar surface area (TPSA) is 67.0 Å². The summed E-state index contributed by atoms with van der Waals surface area (Å²) >= 11 is 0. The molecule has 5 heteroatoms. The van der Waals surface area contributed by atoms with Gasteiger partial charge >= 0.3 is 0 Å². The molecule has 0 spiro atoms. The molecule has 0 fully saturated rings. The Labute approximate surface area is 141 Å². The van der Waals surface area contributed by atoms with Gasteiger partial charge in [-0.1, -0.05) is 24.3 Å². The molecule has 2 N–H and O–H groups in total. The molecule has 124 valence electrons. The Balaban J connectivity index is 1.49. The highest BCUT2D eigenvalue weighted by Gasteiger charge is 2.14. The highest BCUT2D eigenvalue weighted by atomic mass is 16.5. The summed E-state index contributed by atoms with van der Waals surface area (Å²) in [7, 11) is 0. The second-order valence-corrected chi connectivity index (χ2v) is 5.82. The second-order valence-electron chi connectivity index (χ2n) is 5.82. The van der Waals surface area contributed by atoms with Gasteiger partial charge in [0.25, 0.3) is 5.91 Å². The van der Waals surface area contributed by atoms with Crippen molar-refractivity contribution in [1.29, 1.82) is 0 Å². The zero-order valence-corrected chi connectivity index (χ0v) is 13.9. The van der Waals surface area contributed by atoms with Crippen LogP contribution in [0.2, 0.25) is 0 Å². The van der Waals surface area contributed by atoms with E-state index in [0.29, 0.717) is 18.7 Å². The molecule has 1 amide bonds. The summed E-state index contributed by atoms with van der Waals surface area (Å²) in [5, 5.41) is 2.89. The number of H-pyrrole nitrogens is 1. The first-order chi connectivity index (χ1) is 11.6. The van der Waals surface area contributed by atoms with Crippen molar-refractivity contribution in [2.45, 2.75) is 26.4 Å². The van der Waals surface area contributed by atoms with Gasteiger partial charge in [-0.15, -0.1) is 0 Å². The molecule has 24 heavy (non-hydrogen) atoms. The third kappa shape index (κ3) is 3.93. The maximum Gasteiger partial charge on any atom is 0.260 e. The number of benzene rings is 2. The van der Waals surface area contributed by atoms with E-state index in [9.17, 15) is 4.79 Å². The first kappa shape index (κ1) is 16.1. The van der Waals surface area contributed by atoms with Gasteiger partial charge in [0.15, 0.2) is 6.10 Å². The molecular weight excluding hydrogens is 302 g/mol. The highest BCUT2D eigenvalue weighted by molar-refractivity contribution is 5.80. The molecule has 3 aromatic rings. The minimum atomic E-state index is -0.539. The van der Waals surface area contributed by atoms with E-state index < -0.39 is 6.10 Å². The van der Waals surface area contributed by atoms with Crippen LogP contribution >= 0.6 is 0 Å². The van der Waals surface area contributed by atoms with Crippen LogP contribution < -0.4 is 10.1 Å². The van der Waals surface area contributed by atoms with Crippen LogP contribution in [0, 0.1) is 6.92 Å². The molecule has 1 atom stereocenters. The van der Waals surface area contributed by atoms with Crippen molar-refractivity contribution >= 4 is 16.9 Å². The van der Waals surface area contributed by atoms with Crippen molar-refractivity contribution in [1.82, 2.24) is 15.3 Å². The number of nitrogens with one attached hydrogen (secondary N) is 2. The van der Waals surface area contributed by atoms with Crippen molar-refractivity contribution in [2.75, 3.05) is 6.54 Å². The van der Waals surface area contributed by atoms with E-state index in [1.165, 1.54) is 0 Å². The Morgan fingerprint density at radius 1 is 1.25 bits per heavy atom. The van der Waals surface area contributed by atoms with E-state index in [4.69, 9.17) is 4.74 Å². The van der Waals surface area contributed by atoms with Crippen LogP contribution in [0.3, 0.4) is 0 Å². The van der Waals surface area contributed by atoms with Crippen molar-refractivity contribution in [3.63, 3.8) is 0 Å². The third-order valence-corrected chi connectivity index (χ3v) is 3.77. The number of rotatable bonds is 6. The third-order valence-electron chi connectivity index (χ3n) is 3.77. The maximum atomic E-state index is 12.1. The molecule has 0 aliphatic rings. The number of aryl methyl sites for hydroxylation is 1. The number of nitrogens with zero attached hydrogens (tertiary/aromatic N) is 1. The number of fused-ring (bicyclic) bond motifs is 1. The van der Waals surface area contributed by atoms with Crippen LogP contribution in [0.5, 0.6) is 5.75 Å². The van der Waals surface area contributed by atoms with E-state index in [-0.39, 0.29) is 5.91 Å². The lowest BCUT2D eigenvalue weighted by Gasteiger charge is -2.14. The number of hydrogen-bond acceptors (Lipinski definition) is 3. The summed E-state index contributed by atoms with van der Waals surface area (Å²) in [4.78, 5) is 19.9. The van der Waals surface area contributed by atoms with Gasteiger partial charge in [-0.05, 0) is 43.7 Å². The molecule has 0 aliphatic carbocycles. The fraction of sp³-hybridized carbons (Fsp3) is 0.263. The van der Waals surface area contributed by atoms with Gasteiger partial charge in [-0.2, -0.15) is 0 Å². The fourth-order valence-electron chi connectivity index (χ4n) is 2.52. The van der Waals surface area contributed by atoms with Crippen LogP contribution in [0.1, 0.15) is 18.3 Å². The van der Waals surface area contributed by atoms with Gasteiger partial charge < -0.3 is 15.0 Å². The number of imidazole rings is 1. The zero-order valence-electron chi connectivity index (χ0n) is 13.9. The predicted molar refractivity (Wildman–Crippen MR) is 94.1 cm³/mol. The molecule has 2 aromatic carbocycles. The lowest BCUT2D eigenvalue weighted by molar-refractivity contribution is -0.127. The molecule has 1 unspecified atom stereocenters. The van der Waals surface area contributed by atoms with Gasteiger partial charge in [0, 0.05) is 13.0 Å². The van der Waals surface area contributed by atoms with Gasteiger partial charge in [0.2, 0.25) is 0 Å². The fourth-order valence-corrected chi connectivity index (χ4v) is 2.52. The number of aromatic nitrogens is 2. The predicted octanol–water partition coefficient (Wildman–Crippen LogP) is 3.00. The van der Waals surface area contributed by atoms with Gasteiger partial charge in [0.05, 0.1) is 11.0 Å². The quantitative estimate of drug-likeness (QED) is 0.733. The summed E-state index contributed by atoms with van der Waals surface area (Å²) in [6.45, 7) is 4.25. The molecule has 0 aliphatic heterocycles. The summed E-state index contributed by atoms with van der Waals surface area (Å²) < 4.78 is 5.67. The molecule has 1 aromatic heterocycles. The van der Waals surface area contributed by atoms with E-state index in [1.54, 1.807) is 6.92 Å². The van der Waals surface area contributed by atoms with Crippen LogP contribution in [-0.2, 0) is 11.2 Å². The first-order valence-corrected chi connectivity index (χ1v) is 8.06. The van der Waals surface area contributed by atoms with E-state index in [2.05, 4.69) is 15.3 Å². The maximum absolute atomic E-state index is 12.1. The van der Waals surface area contributed by atoms with Gasteiger partial charge in [0.1, 0.15) is 11.6 Å². The smallest absolute Gasteiger partial charge is 0.260 e. The summed E-state index contributed by atoms with van der Waals surface area (Å²) in [6.07, 6.45) is 0.111. The number of aromatic amines is 1. The monoisotopic (exact) mass is 323 g/mol. The summed E-state index contributed by atoms with van der Waals surface area (Å²) in [6, 6.07) is 15.6. The van der Waals surface area contributed by atoms with Crippen molar-refractivity contribution in [3.8, 4) is 5.75 Å². The van der Waals surface area contributed by atoms with Crippen molar-refractivity contribution in [3.05, 3.63) is 59.9 Å². The molecule has 0 saturated heterocycles. The SMILES string of the molecule is Cc1cccc(OC(C)C(=O)NCCc2nc3ccccc3[nH]2)c1. The number of carbonyl (C=O) groups is 1. The molecule has 0 radical (unpaired) electrons. The van der Waals surface area contributed by atoms with E-state index >= 15 is 0 Å². The van der Waals surface area contributed by atoms with Crippen LogP contribution in [0.25, 0.3) is 11.0 Å². The number of ether oxygens (including phenoxy) is 1. The normalized spacial score (nSPS) is 12.1. The lowest BCUT2D eigenvalue weighted by Crippen LogP contribution is -2.37. The van der Waals surface area contributed by atoms with E-state index in [0.717, 1.165) is 22.4 Å². The molecule has 0 saturated carbocycles. The average molecular weight is 323 g/mol. The Bertz CT molecular complexity index is 808. The number of carbonyl (C=O) groups excluding carboxylic acids is 1. The van der Waals surface area contributed by atoms with Crippen molar-refractivity contribution in [2.24, 2.45) is 0 Å². The minimum absolute atomic E-state index is 0.132. The summed E-state index contributed by atoms with van der Waals surface area (Å²) in [5.74, 6) is 1.44. The van der Waals surface area contributed by atoms with Gasteiger partial charge in [-0.3, -0.25) is 4.79 Å². The molecule has 1 heterocycles. The molecule has 3 rings (SSSR count). The molecule has 0 bridgehead atoms. The number of hydrogen-bond donors (Lipinski definition) is 2. The Morgan fingerprint density at radius 3 is 2.88 bits per heavy atom. The van der Waals surface area contributed by atoms with Gasteiger partial charge in [-0.25, -0.2) is 4.98 Å². The van der Waals surface area contributed by atoms with E-state index in [1.807, 2.05) is 55.5 Å². The lowest BCUT2D eigenvalue weighted by atomic mass is 10.2. The van der Waals surface area contributed by atoms with Crippen molar-refractivity contribution < 1.29 is 9.53 Å². The average Bonchev–Trinajstić information content (AvgIpc) is 2.97. The minimum Gasteiger partial charge on any atom is -0.481 e.